The second kappa shape index (κ2) is 3.43. The Hall–Kier alpha value is -1.20. The van der Waals surface area contributed by atoms with Crippen molar-refractivity contribution >= 4 is 0 Å². The third kappa shape index (κ3) is 2.43. The van der Waals surface area contributed by atoms with Crippen molar-refractivity contribution < 1.29 is 26.3 Å². The Kier molecular flexibility index (Phi) is 2.71. The number of hydrogen-bond acceptors (Lipinski definition) is 0. The van der Waals surface area contributed by atoms with Gasteiger partial charge in [-0.05, 0) is 24.6 Å². The van der Waals surface area contributed by atoms with Gasteiger partial charge < -0.3 is 0 Å². The molecule has 1 rings (SSSR count). The van der Waals surface area contributed by atoms with Crippen molar-refractivity contribution in [2.45, 2.75) is 19.3 Å². The minimum Gasteiger partial charge on any atom is -0.166 e. The van der Waals surface area contributed by atoms with Crippen molar-refractivity contribution in [1.82, 2.24) is 0 Å². The zero-order chi connectivity index (χ0) is 11.9. The van der Waals surface area contributed by atoms with Gasteiger partial charge in [0.25, 0.3) is 0 Å². The van der Waals surface area contributed by atoms with Crippen molar-refractivity contribution in [2.75, 3.05) is 0 Å². The van der Waals surface area contributed by atoms with Crippen LogP contribution in [0.3, 0.4) is 0 Å². The van der Waals surface area contributed by atoms with Crippen LogP contribution in [0.25, 0.3) is 0 Å². The van der Waals surface area contributed by atoms with Gasteiger partial charge in [-0.1, -0.05) is 6.07 Å². The van der Waals surface area contributed by atoms with Crippen molar-refractivity contribution in [3.05, 3.63) is 34.9 Å². The van der Waals surface area contributed by atoms with E-state index >= 15 is 0 Å². The molecule has 0 saturated heterocycles. The van der Waals surface area contributed by atoms with E-state index in [-0.39, 0.29) is 0 Å². The first-order valence-electron chi connectivity index (χ1n) is 3.88. The lowest BCUT2D eigenvalue weighted by Gasteiger charge is -2.15. The van der Waals surface area contributed by atoms with Crippen LogP contribution < -0.4 is 0 Å². The molecular formula is C9H6F6. The lowest BCUT2D eigenvalue weighted by Crippen LogP contribution is -2.14. The third-order valence-corrected chi connectivity index (χ3v) is 1.94. The van der Waals surface area contributed by atoms with Crippen molar-refractivity contribution in [3.63, 3.8) is 0 Å². The zero-order valence-electron chi connectivity index (χ0n) is 7.50. The highest BCUT2D eigenvalue weighted by molar-refractivity contribution is 5.37. The Morgan fingerprint density at radius 1 is 0.800 bits per heavy atom. The first kappa shape index (κ1) is 11.9. The molecule has 0 heterocycles. The summed E-state index contributed by atoms with van der Waals surface area (Å²) in [5.74, 6) is 0. The molecule has 0 unspecified atom stereocenters. The summed E-state index contributed by atoms with van der Waals surface area (Å²) in [4.78, 5) is 0. The summed E-state index contributed by atoms with van der Waals surface area (Å²) >= 11 is 0. The maximum Gasteiger partial charge on any atom is 0.416 e. The summed E-state index contributed by atoms with van der Waals surface area (Å²) in [6.45, 7) is 0.811. The summed E-state index contributed by atoms with van der Waals surface area (Å²) in [6.07, 6.45) is -9.52. The zero-order valence-corrected chi connectivity index (χ0v) is 7.50. The summed E-state index contributed by atoms with van der Waals surface area (Å²) in [5, 5.41) is 0. The predicted octanol–water partition coefficient (Wildman–Crippen LogP) is 4.03. The molecular weight excluding hydrogens is 222 g/mol. The van der Waals surface area contributed by atoms with E-state index in [1.54, 1.807) is 0 Å². The molecule has 0 spiro atoms. The fraction of sp³-hybridized carbons (Fsp3) is 0.333. The van der Waals surface area contributed by atoms with E-state index in [1.165, 1.54) is 0 Å². The lowest BCUT2D eigenvalue weighted by molar-refractivity contribution is -0.143. The van der Waals surface area contributed by atoms with Crippen molar-refractivity contribution in [3.8, 4) is 0 Å². The topological polar surface area (TPSA) is 0 Å². The molecule has 0 nitrogen and oxygen atoms in total. The molecule has 0 radical (unpaired) electrons. The molecule has 0 aliphatic heterocycles. The number of benzene rings is 1. The van der Waals surface area contributed by atoms with E-state index in [0.717, 1.165) is 13.0 Å². The molecule has 0 aliphatic rings. The van der Waals surface area contributed by atoms with Gasteiger partial charge in [0.15, 0.2) is 0 Å². The van der Waals surface area contributed by atoms with E-state index in [2.05, 4.69) is 0 Å². The number of alkyl halides is 6. The number of rotatable bonds is 0. The van der Waals surface area contributed by atoms with Crippen LogP contribution in [-0.2, 0) is 12.4 Å². The summed E-state index contributed by atoms with van der Waals surface area (Å²) in [6, 6.07) is 2.01. The quantitative estimate of drug-likeness (QED) is 0.588. The second-order valence-electron chi connectivity index (χ2n) is 2.97. The number of hydrogen-bond donors (Lipinski definition) is 0. The van der Waals surface area contributed by atoms with Crippen molar-refractivity contribution in [2.24, 2.45) is 0 Å². The third-order valence-electron chi connectivity index (χ3n) is 1.94. The van der Waals surface area contributed by atoms with Crippen LogP contribution in [0.2, 0.25) is 0 Å². The predicted molar refractivity (Wildman–Crippen MR) is 41.2 cm³/mol. The van der Waals surface area contributed by atoms with Crippen LogP contribution in [0, 0.1) is 6.92 Å². The fourth-order valence-corrected chi connectivity index (χ4v) is 1.25. The SMILES string of the molecule is Cc1c(C(F)(F)F)cccc1C(F)(F)F. The molecule has 0 fully saturated rings. The van der Waals surface area contributed by atoms with E-state index in [9.17, 15) is 26.3 Å². The highest BCUT2D eigenvalue weighted by atomic mass is 19.4. The number of halogens is 6. The Morgan fingerprint density at radius 3 is 1.40 bits per heavy atom. The summed E-state index contributed by atoms with van der Waals surface area (Å²) < 4.78 is 73.5. The molecule has 84 valence electrons. The smallest absolute Gasteiger partial charge is 0.166 e. The normalized spacial score (nSPS) is 13.0. The Balaban J connectivity index is 3.37. The van der Waals surface area contributed by atoms with Crippen LogP contribution in [0.4, 0.5) is 26.3 Å². The Bertz CT molecular complexity index is 328. The van der Waals surface area contributed by atoms with Gasteiger partial charge >= 0.3 is 12.4 Å². The average molecular weight is 228 g/mol. The van der Waals surface area contributed by atoms with Gasteiger partial charge in [-0.2, -0.15) is 26.3 Å². The van der Waals surface area contributed by atoms with Gasteiger partial charge in [0.2, 0.25) is 0 Å². The van der Waals surface area contributed by atoms with Gasteiger partial charge in [-0.15, -0.1) is 0 Å². The Morgan fingerprint density at radius 2 is 1.13 bits per heavy atom. The standard InChI is InChI=1S/C9H6F6/c1-5-6(8(10,11)12)3-2-4-7(5)9(13,14)15/h2-4H,1H3. The first-order valence-corrected chi connectivity index (χ1v) is 3.88. The molecule has 1 aromatic carbocycles. The molecule has 0 aliphatic carbocycles. The van der Waals surface area contributed by atoms with Crippen molar-refractivity contribution in [1.29, 1.82) is 0 Å². The highest BCUT2D eigenvalue weighted by Gasteiger charge is 2.38. The Labute approximate surface area is 81.5 Å². The molecule has 15 heavy (non-hydrogen) atoms. The maximum atomic E-state index is 12.2. The second-order valence-corrected chi connectivity index (χ2v) is 2.97. The molecule has 0 saturated carbocycles. The highest BCUT2D eigenvalue weighted by Crippen LogP contribution is 2.38. The van der Waals surface area contributed by atoms with Gasteiger partial charge in [0, 0.05) is 0 Å². The molecule has 0 N–H and O–H groups in total. The largest absolute Gasteiger partial charge is 0.416 e. The van der Waals surface area contributed by atoms with E-state index in [1.807, 2.05) is 0 Å². The monoisotopic (exact) mass is 228 g/mol. The van der Waals surface area contributed by atoms with Crippen LogP contribution in [-0.4, -0.2) is 0 Å². The molecule has 0 bridgehead atoms. The minimum atomic E-state index is -4.76. The van der Waals surface area contributed by atoms with Gasteiger partial charge in [0.1, 0.15) is 0 Å². The van der Waals surface area contributed by atoms with Gasteiger partial charge in [0.05, 0.1) is 11.1 Å². The molecule has 0 atom stereocenters. The lowest BCUT2D eigenvalue weighted by atomic mass is 10.0. The van der Waals surface area contributed by atoms with Crippen LogP contribution in [0.5, 0.6) is 0 Å². The maximum absolute atomic E-state index is 12.2. The van der Waals surface area contributed by atoms with Gasteiger partial charge in [-0.25, -0.2) is 0 Å². The van der Waals surface area contributed by atoms with Crippen LogP contribution in [0.1, 0.15) is 16.7 Å². The summed E-state index contributed by atoms with van der Waals surface area (Å²) in [5.41, 5.74) is -3.30. The average Bonchev–Trinajstić information content (AvgIpc) is 1.99. The van der Waals surface area contributed by atoms with Crippen LogP contribution in [0.15, 0.2) is 18.2 Å². The minimum absolute atomic E-state index is 0.630. The van der Waals surface area contributed by atoms with E-state index < -0.39 is 29.0 Å². The van der Waals surface area contributed by atoms with Crippen LogP contribution >= 0.6 is 0 Å². The first-order chi connectivity index (χ1) is 6.64. The molecule has 0 aromatic heterocycles. The molecule has 1 aromatic rings. The molecule has 6 heteroatoms. The van der Waals surface area contributed by atoms with Gasteiger partial charge in [-0.3, -0.25) is 0 Å². The van der Waals surface area contributed by atoms with E-state index in [0.29, 0.717) is 12.1 Å². The molecule has 0 amide bonds. The fourth-order valence-electron chi connectivity index (χ4n) is 1.25. The van der Waals surface area contributed by atoms with E-state index in [4.69, 9.17) is 0 Å². The summed E-state index contributed by atoms with van der Waals surface area (Å²) in [7, 11) is 0.